The zero-order valence-electron chi connectivity index (χ0n) is 12.2. The lowest BCUT2D eigenvalue weighted by molar-refractivity contribution is 0.303. The Hall–Kier alpha value is -1.03. The highest BCUT2D eigenvalue weighted by Gasteiger charge is 2.24. The molecule has 1 heterocycles. The van der Waals surface area contributed by atoms with Crippen LogP contribution in [-0.2, 0) is 0 Å². The number of ether oxygens (including phenoxy) is 1. The second-order valence-electron chi connectivity index (χ2n) is 5.63. The van der Waals surface area contributed by atoms with Crippen molar-refractivity contribution in [2.75, 3.05) is 17.8 Å². The number of aromatic nitrogens is 2. The van der Waals surface area contributed by atoms with Crippen LogP contribution in [-0.4, -0.2) is 28.5 Å². The highest BCUT2D eigenvalue weighted by Crippen LogP contribution is 2.25. The molecule has 0 spiro atoms. The van der Waals surface area contributed by atoms with E-state index >= 15 is 0 Å². The Morgan fingerprint density at radius 3 is 2.68 bits per heavy atom. The van der Waals surface area contributed by atoms with Crippen LogP contribution in [0.3, 0.4) is 0 Å². The van der Waals surface area contributed by atoms with Crippen LogP contribution in [0.25, 0.3) is 0 Å². The zero-order chi connectivity index (χ0) is 14.3. The van der Waals surface area contributed by atoms with Crippen LogP contribution in [0, 0.1) is 5.41 Å². The first kappa shape index (κ1) is 16.0. The van der Waals surface area contributed by atoms with E-state index in [4.69, 9.17) is 16.3 Å². The normalized spacial score (nSPS) is 13.1. The predicted molar refractivity (Wildman–Crippen MR) is 80.0 cm³/mol. The van der Waals surface area contributed by atoms with Crippen LogP contribution in [0.15, 0.2) is 12.4 Å². The smallest absolute Gasteiger partial charge is 0.234 e. The second kappa shape index (κ2) is 7.53. The predicted octanol–water partition coefficient (Wildman–Crippen LogP) is 3.72. The first-order valence-corrected chi connectivity index (χ1v) is 7.28. The highest BCUT2D eigenvalue weighted by atomic mass is 35.5. The summed E-state index contributed by atoms with van der Waals surface area (Å²) in [5, 5.41) is 3.40. The lowest BCUT2D eigenvalue weighted by Gasteiger charge is -2.31. The van der Waals surface area contributed by atoms with Gasteiger partial charge in [-0.05, 0) is 18.3 Å². The van der Waals surface area contributed by atoms with E-state index in [0.29, 0.717) is 18.4 Å². The number of anilines is 1. The molecule has 0 radical (unpaired) electrons. The van der Waals surface area contributed by atoms with Gasteiger partial charge in [0.1, 0.15) is 5.82 Å². The molecule has 5 heteroatoms. The molecule has 4 nitrogen and oxygen atoms in total. The van der Waals surface area contributed by atoms with Gasteiger partial charge in [0, 0.05) is 11.9 Å². The van der Waals surface area contributed by atoms with E-state index in [9.17, 15) is 0 Å². The molecule has 0 aromatic carbocycles. The van der Waals surface area contributed by atoms with Gasteiger partial charge in [0.15, 0.2) is 0 Å². The number of alkyl halides is 1. The number of hydrogen-bond acceptors (Lipinski definition) is 4. The molecule has 0 amide bonds. The molecule has 1 rings (SSSR count). The van der Waals surface area contributed by atoms with Crippen molar-refractivity contribution in [2.24, 2.45) is 5.41 Å². The van der Waals surface area contributed by atoms with E-state index < -0.39 is 0 Å². The molecule has 1 atom stereocenters. The first-order valence-electron chi connectivity index (χ1n) is 6.74. The molecular weight excluding hydrogens is 262 g/mol. The topological polar surface area (TPSA) is 47.0 Å². The molecule has 108 valence electrons. The maximum Gasteiger partial charge on any atom is 0.234 e. The van der Waals surface area contributed by atoms with Crippen molar-refractivity contribution < 1.29 is 4.74 Å². The van der Waals surface area contributed by atoms with Gasteiger partial charge in [-0.15, -0.1) is 11.6 Å². The summed E-state index contributed by atoms with van der Waals surface area (Å²) in [7, 11) is 0. The van der Waals surface area contributed by atoms with Gasteiger partial charge in [-0.25, -0.2) is 0 Å². The Bertz CT molecular complexity index is 379. The van der Waals surface area contributed by atoms with Crippen LogP contribution in [0.1, 0.15) is 40.5 Å². The quantitative estimate of drug-likeness (QED) is 0.776. The minimum atomic E-state index is 0.108. The SMILES string of the molecule is CCCOc1cncc(NC(CCCl)C(C)(C)C)n1. The molecule has 0 aliphatic heterocycles. The second-order valence-corrected chi connectivity index (χ2v) is 6.01. The van der Waals surface area contributed by atoms with Crippen LogP contribution >= 0.6 is 11.6 Å². The van der Waals surface area contributed by atoms with Gasteiger partial charge in [0.05, 0.1) is 19.0 Å². The summed E-state index contributed by atoms with van der Waals surface area (Å²) in [5.74, 6) is 1.91. The fraction of sp³-hybridized carbons (Fsp3) is 0.714. The molecule has 1 N–H and O–H groups in total. The van der Waals surface area contributed by atoms with E-state index in [0.717, 1.165) is 18.7 Å². The maximum absolute atomic E-state index is 5.87. The molecule has 0 saturated heterocycles. The Labute approximate surface area is 120 Å². The third-order valence-corrected chi connectivity index (χ3v) is 3.05. The summed E-state index contributed by atoms with van der Waals surface area (Å²) in [5.41, 5.74) is 0.108. The van der Waals surface area contributed by atoms with Gasteiger partial charge < -0.3 is 10.1 Å². The fourth-order valence-corrected chi connectivity index (χ4v) is 1.92. The van der Waals surface area contributed by atoms with Gasteiger partial charge in [0.2, 0.25) is 5.88 Å². The largest absolute Gasteiger partial charge is 0.477 e. The van der Waals surface area contributed by atoms with Crippen molar-refractivity contribution in [3.8, 4) is 5.88 Å². The lowest BCUT2D eigenvalue weighted by atomic mass is 9.85. The minimum Gasteiger partial charge on any atom is -0.477 e. The Balaban J connectivity index is 2.73. The van der Waals surface area contributed by atoms with Crippen LogP contribution in [0.5, 0.6) is 5.88 Å². The number of rotatable bonds is 7. The summed E-state index contributed by atoms with van der Waals surface area (Å²) < 4.78 is 5.48. The zero-order valence-corrected chi connectivity index (χ0v) is 13.0. The fourth-order valence-electron chi connectivity index (χ4n) is 1.70. The van der Waals surface area contributed by atoms with E-state index in [-0.39, 0.29) is 11.5 Å². The summed E-state index contributed by atoms with van der Waals surface area (Å²) >= 11 is 5.87. The van der Waals surface area contributed by atoms with Crippen molar-refractivity contribution in [3.05, 3.63) is 12.4 Å². The summed E-state index contributed by atoms with van der Waals surface area (Å²) in [6.07, 6.45) is 5.18. The van der Waals surface area contributed by atoms with Gasteiger partial charge in [-0.2, -0.15) is 4.98 Å². The molecular formula is C14H24ClN3O. The molecule has 1 aromatic rings. The molecule has 19 heavy (non-hydrogen) atoms. The lowest BCUT2D eigenvalue weighted by Crippen LogP contribution is -2.34. The minimum absolute atomic E-state index is 0.108. The highest BCUT2D eigenvalue weighted by molar-refractivity contribution is 6.17. The maximum atomic E-state index is 5.87. The number of nitrogens with zero attached hydrogens (tertiary/aromatic N) is 2. The molecule has 0 aliphatic carbocycles. The molecule has 1 aromatic heterocycles. The van der Waals surface area contributed by atoms with E-state index in [1.54, 1.807) is 12.4 Å². The number of halogens is 1. The van der Waals surface area contributed by atoms with Gasteiger partial charge in [-0.1, -0.05) is 27.7 Å². The van der Waals surface area contributed by atoms with Crippen molar-refractivity contribution in [1.29, 1.82) is 0 Å². The van der Waals surface area contributed by atoms with E-state index in [1.807, 2.05) is 0 Å². The average molecular weight is 286 g/mol. The molecule has 0 fully saturated rings. The van der Waals surface area contributed by atoms with Crippen molar-refractivity contribution >= 4 is 17.4 Å². The third-order valence-electron chi connectivity index (χ3n) is 2.83. The number of hydrogen-bond donors (Lipinski definition) is 1. The van der Waals surface area contributed by atoms with Crippen LogP contribution < -0.4 is 10.1 Å². The standard InChI is InChI=1S/C14H24ClN3O/c1-5-8-19-13-10-16-9-12(18-13)17-11(6-7-15)14(2,3)4/h9-11H,5-8H2,1-4H3,(H,17,18). The Kier molecular flexibility index (Phi) is 6.35. The Morgan fingerprint density at radius 2 is 2.11 bits per heavy atom. The summed E-state index contributed by atoms with van der Waals surface area (Å²) in [4.78, 5) is 8.56. The third kappa shape index (κ3) is 5.64. The van der Waals surface area contributed by atoms with Crippen molar-refractivity contribution in [1.82, 2.24) is 9.97 Å². The van der Waals surface area contributed by atoms with Crippen molar-refractivity contribution in [2.45, 2.75) is 46.6 Å². The monoisotopic (exact) mass is 285 g/mol. The molecule has 0 saturated carbocycles. The molecule has 1 unspecified atom stereocenters. The Morgan fingerprint density at radius 1 is 1.37 bits per heavy atom. The number of nitrogens with one attached hydrogen (secondary N) is 1. The van der Waals surface area contributed by atoms with Gasteiger partial charge in [-0.3, -0.25) is 4.98 Å². The molecule has 0 bridgehead atoms. The van der Waals surface area contributed by atoms with E-state index in [1.165, 1.54) is 0 Å². The molecule has 0 aliphatic rings. The van der Waals surface area contributed by atoms with Gasteiger partial charge >= 0.3 is 0 Å². The average Bonchev–Trinajstić information content (AvgIpc) is 2.35. The van der Waals surface area contributed by atoms with Crippen LogP contribution in [0.4, 0.5) is 5.82 Å². The van der Waals surface area contributed by atoms with Crippen LogP contribution in [0.2, 0.25) is 0 Å². The first-order chi connectivity index (χ1) is 8.97. The van der Waals surface area contributed by atoms with Gasteiger partial charge in [0.25, 0.3) is 0 Å². The summed E-state index contributed by atoms with van der Waals surface area (Å²) in [6, 6.07) is 0.251. The van der Waals surface area contributed by atoms with E-state index in [2.05, 4.69) is 43.0 Å². The summed E-state index contributed by atoms with van der Waals surface area (Å²) in [6.45, 7) is 9.26. The van der Waals surface area contributed by atoms with Crippen molar-refractivity contribution in [3.63, 3.8) is 0 Å².